The summed E-state index contributed by atoms with van der Waals surface area (Å²) in [6.45, 7) is 5.33. The third-order valence-electron chi connectivity index (χ3n) is 5.97. The number of aromatic nitrogens is 3. The van der Waals surface area contributed by atoms with E-state index in [0.29, 0.717) is 11.9 Å². The molecule has 154 valence electrons. The largest absolute Gasteiger partial charge is 0.353 e. The lowest BCUT2D eigenvalue weighted by Crippen LogP contribution is -2.54. The van der Waals surface area contributed by atoms with Gasteiger partial charge in [0.2, 0.25) is 5.91 Å². The molecule has 1 saturated heterocycles. The summed E-state index contributed by atoms with van der Waals surface area (Å²) in [5.74, 6) is 1.79. The Labute approximate surface area is 176 Å². The Morgan fingerprint density at radius 2 is 1.87 bits per heavy atom. The zero-order chi connectivity index (χ0) is 20.5. The molecule has 1 saturated carbocycles. The van der Waals surface area contributed by atoms with E-state index < -0.39 is 0 Å². The monoisotopic (exact) mass is 402 g/mol. The quantitative estimate of drug-likeness (QED) is 0.707. The van der Waals surface area contributed by atoms with Gasteiger partial charge in [0.05, 0.1) is 11.6 Å². The van der Waals surface area contributed by atoms with Gasteiger partial charge in [0.1, 0.15) is 5.82 Å². The average Bonchev–Trinajstić information content (AvgIpc) is 3.62. The lowest BCUT2D eigenvalue weighted by molar-refractivity contribution is -0.126. The predicted octanol–water partition coefficient (Wildman–Crippen LogP) is 2.48. The summed E-state index contributed by atoms with van der Waals surface area (Å²) < 4.78 is 0. The van der Waals surface area contributed by atoms with E-state index in [1.54, 1.807) is 12.4 Å². The van der Waals surface area contributed by atoms with Crippen LogP contribution in [0.25, 0.3) is 22.3 Å². The van der Waals surface area contributed by atoms with E-state index in [1.807, 2.05) is 37.3 Å². The van der Waals surface area contributed by atoms with Crippen LogP contribution in [0.4, 0.5) is 5.82 Å². The molecule has 0 radical (unpaired) electrons. The van der Waals surface area contributed by atoms with Crippen molar-refractivity contribution in [2.24, 2.45) is 0 Å². The Bertz CT molecular complexity index is 1040. The van der Waals surface area contributed by atoms with Gasteiger partial charge in [0.15, 0.2) is 5.82 Å². The van der Waals surface area contributed by atoms with Crippen molar-refractivity contribution in [3.8, 4) is 11.4 Å². The molecule has 2 aliphatic rings. The molecule has 1 unspecified atom stereocenters. The molecular formula is C23H26N6O. The minimum atomic E-state index is -0.0964. The van der Waals surface area contributed by atoms with Crippen LogP contribution in [0.3, 0.4) is 0 Å². The van der Waals surface area contributed by atoms with Crippen molar-refractivity contribution in [3.05, 3.63) is 48.8 Å². The van der Waals surface area contributed by atoms with Crippen molar-refractivity contribution in [1.82, 2.24) is 25.2 Å². The summed E-state index contributed by atoms with van der Waals surface area (Å²) >= 11 is 0. The maximum absolute atomic E-state index is 12.4. The van der Waals surface area contributed by atoms with Gasteiger partial charge in [-0.05, 0) is 44.0 Å². The number of carbonyl (C=O) groups excluding carboxylic acids is 1. The summed E-state index contributed by atoms with van der Waals surface area (Å²) in [7, 11) is 0. The van der Waals surface area contributed by atoms with Gasteiger partial charge in [-0.1, -0.05) is 12.1 Å². The van der Waals surface area contributed by atoms with Gasteiger partial charge < -0.3 is 10.2 Å². The Balaban J connectivity index is 1.38. The molecule has 1 N–H and O–H groups in total. The number of anilines is 1. The lowest BCUT2D eigenvalue weighted by atomic mass is 10.1. The van der Waals surface area contributed by atoms with Gasteiger partial charge >= 0.3 is 0 Å². The number of nitrogens with zero attached hydrogens (tertiary/aromatic N) is 5. The Morgan fingerprint density at radius 3 is 2.60 bits per heavy atom. The number of pyridine rings is 1. The average molecular weight is 403 g/mol. The number of para-hydroxylation sites is 1. The van der Waals surface area contributed by atoms with Gasteiger partial charge in [0.25, 0.3) is 0 Å². The summed E-state index contributed by atoms with van der Waals surface area (Å²) in [5, 5.41) is 4.18. The SMILES string of the molecule is CC(C(=O)NC1CC1)N1CCN(c2nc(-c3cccnc3)nc3ccccc23)CC1. The summed E-state index contributed by atoms with van der Waals surface area (Å²) in [5.41, 5.74) is 1.84. The molecule has 1 amide bonds. The van der Waals surface area contributed by atoms with Crippen LogP contribution in [-0.2, 0) is 4.79 Å². The zero-order valence-electron chi connectivity index (χ0n) is 17.2. The van der Waals surface area contributed by atoms with E-state index in [4.69, 9.17) is 9.97 Å². The predicted molar refractivity (Wildman–Crippen MR) is 117 cm³/mol. The molecule has 0 spiro atoms. The van der Waals surface area contributed by atoms with E-state index >= 15 is 0 Å². The minimum Gasteiger partial charge on any atom is -0.353 e. The fourth-order valence-corrected chi connectivity index (χ4v) is 3.96. The Hall–Kier alpha value is -3.06. The molecule has 3 aromatic rings. The third-order valence-corrected chi connectivity index (χ3v) is 5.97. The molecule has 7 heteroatoms. The molecule has 0 bridgehead atoms. The maximum atomic E-state index is 12.4. The fourth-order valence-electron chi connectivity index (χ4n) is 3.96. The van der Waals surface area contributed by atoms with Crippen LogP contribution in [0.1, 0.15) is 19.8 Å². The number of carbonyl (C=O) groups is 1. The molecule has 7 nitrogen and oxygen atoms in total. The first-order valence-corrected chi connectivity index (χ1v) is 10.7. The standard InChI is InChI=1S/C23H26N6O/c1-16(23(30)25-18-8-9-18)28-11-13-29(14-12-28)22-19-6-2-3-7-20(19)26-21(27-22)17-5-4-10-24-15-17/h2-7,10,15-16,18H,8-9,11-14H2,1H3,(H,25,30). The molecular weight excluding hydrogens is 376 g/mol. The highest BCUT2D eigenvalue weighted by Crippen LogP contribution is 2.28. The normalized spacial score (nSPS) is 18.4. The van der Waals surface area contributed by atoms with Gasteiger partial charge in [-0.25, -0.2) is 9.97 Å². The second-order valence-corrected chi connectivity index (χ2v) is 8.11. The maximum Gasteiger partial charge on any atom is 0.237 e. The lowest BCUT2D eigenvalue weighted by Gasteiger charge is -2.38. The molecule has 30 heavy (non-hydrogen) atoms. The van der Waals surface area contributed by atoms with Crippen LogP contribution in [0.15, 0.2) is 48.8 Å². The highest BCUT2D eigenvalue weighted by atomic mass is 16.2. The number of benzene rings is 1. The van der Waals surface area contributed by atoms with Gasteiger partial charge in [-0.15, -0.1) is 0 Å². The number of hydrogen-bond donors (Lipinski definition) is 1. The molecule has 3 heterocycles. The first kappa shape index (κ1) is 18.9. The summed E-state index contributed by atoms with van der Waals surface area (Å²) in [6.07, 6.45) is 5.79. The number of fused-ring (bicyclic) bond motifs is 1. The van der Waals surface area contributed by atoms with Crippen LogP contribution in [-0.4, -0.2) is 64.0 Å². The van der Waals surface area contributed by atoms with E-state index in [9.17, 15) is 4.79 Å². The first-order valence-electron chi connectivity index (χ1n) is 10.7. The smallest absolute Gasteiger partial charge is 0.237 e. The fraction of sp³-hybridized carbons (Fsp3) is 0.391. The van der Waals surface area contributed by atoms with E-state index in [0.717, 1.165) is 61.3 Å². The van der Waals surface area contributed by atoms with Crippen molar-refractivity contribution in [3.63, 3.8) is 0 Å². The van der Waals surface area contributed by atoms with Crippen LogP contribution >= 0.6 is 0 Å². The van der Waals surface area contributed by atoms with Crippen molar-refractivity contribution in [1.29, 1.82) is 0 Å². The summed E-state index contributed by atoms with van der Waals surface area (Å²) in [6, 6.07) is 12.3. The van der Waals surface area contributed by atoms with Gasteiger partial charge in [-0.3, -0.25) is 14.7 Å². The van der Waals surface area contributed by atoms with Crippen molar-refractivity contribution in [2.45, 2.75) is 31.8 Å². The molecule has 2 aromatic heterocycles. The van der Waals surface area contributed by atoms with Crippen molar-refractivity contribution in [2.75, 3.05) is 31.1 Å². The number of rotatable bonds is 5. The number of nitrogens with one attached hydrogen (secondary N) is 1. The van der Waals surface area contributed by atoms with Crippen LogP contribution in [0, 0.1) is 0 Å². The second kappa shape index (κ2) is 7.99. The molecule has 1 aromatic carbocycles. The highest BCUT2D eigenvalue weighted by molar-refractivity contribution is 5.91. The Morgan fingerprint density at radius 1 is 1.07 bits per heavy atom. The Kier molecular flexibility index (Phi) is 5.04. The first-order chi connectivity index (χ1) is 14.7. The second-order valence-electron chi connectivity index (χ2n) is 8.11. The van der Waals surface area contributed by atoms with Crippen molar-refractivity contribution >= 4 is 22.6 Å². The van der Waals surface area contributed by atoms with Crippen LogP contribution in [0.5, 0.6) is 0 Å². The molecule has 5 rings (SSSR count). The number of amides is 1. The highest BCUT2D eigenvalue weighted by Gasteiger charge is 2.30. The molecule has 2 fully saturated rings. The van der Waals surface area contributed by atoms with Crippen LogP contribution < -0.4 is 10.2 Å². The number of hydrogen-bond acceptors (Lipinski definition) is 6. The number of piperazine rings is 1. The third kappa shape index (κ3) is 3.85. The van der Waals surface area contributed by atoms with Crippen molar-refractivity contribution < 1.29 is 4.79 Å². The van der Waals surface area contributed by atoms with Gasteiger partial charge in [0, 0.05) is 55.6 Å². The molecule has 1 aliphatic heterocycles. The summed E-state index contributed by atoms with van der Waals surface area (Å²) in [4.78, 5) is 30.9. The van der Waals surface area contributed by atoms with Crippen LogP contribution in [0.2, 0.25) is 0 Å². The molecule has 1 atom stereocenters. The zero-order valence-corrected chi connectivity index (χ0v) is 17.2. The van der Waals surface area contributed by atoms with E-state index in [2.05, 4.69) is 26.2 Å². The minimum absolute atomic E-state index is 0.0964. The van der Waals surface area contributed by atoms with E-state index in [1.165, 1.54) is 0 Å². The molecule has 1 aliphatic carbocycles. The van der Waals surface area contributed by atoms with E-state index in [-0.39, 0.29) is 11.9 Å². The topological polar surface area (TPSA) is 74.2 Å². The van der Waals surface area contributed by atoms with Gasteiger partial charge in [-0.2, -0.15) is 0 Å².